The third kappa shape index (κ3) is 3.47. The summed E-state index contributed by atoms with van der Waals surface area (Å²) in [5.41, 5.74) is 2.55. The molecule has 152 valence electrons. The molecule has 1 aliphatic heterocycles. The van der Waals surface area contributed by atoms with Crippen molar-refractivity contribution < 1.29 is 17.7 Å². The van der Waals surface area contributed by atoms with Gasteiger partial charge in [-0.25, -0.2) is 17.8 Å². The summed E-state index contributed by atoms with van der Waals surface area (Å²) < 4.78 is 40.3. The molecule has 1 aromatic carbocycles. The second kappa shape index (κ2) is 7.05. The number of aromatic nitrogens is 3. The maximum Gasteiger partial charge on any atom is 0.267 e. The third-order valence-electron chi connectivity index (χ3n) is 5.46. The summed E-state index contributed by atoms with van der Waals surface area (Å²) in [6.45, 7) is 0.403. The predicted octanol–water partition coefficient (Wildman–Crippen LogP) is 0.933. The van der Waals surface area contributed by atoms with Gasteiger partial charge in [0.05, 0.1) is 31.0 Å². The van der Waals surface area contributed by atoms with Crippen molar-refractivity contribution >= 4 is 21.0 Å². The van der Waals surface area contributed by atoms with Crippen LogP contribution in [0.25, 0.3) is 11.0 Å². The van der Waals surface area contributed by atoms with Crippen molar-refractivity contribution in [1.82, 2.24) is 19.7 Å². The molecular weight excluding hydrogens is 396 g/mol. The van der Waals surface area contributed by atoms with Gasteiger partial charge in [0.2, 0.25) is 10.0 Å². The predicted molar refractivity (Wildman–Crippen MR) is 104 cm³/mol. The fourth-order valence-electron chi connectivity index (χ4n) is 4.04. The fourth-order valence-corrected chi connectivity index (χ4v) is 5.38. The van der Waals surface area contributed by atoms with Gasteiger partial charge < -0.3 is 9.26 Å². The molecule has 0 amide bonds. The summed E-state index contributed by atoms with van der Waals surface area (Å²) in [5, 5.41) is 9.05. The van der Waals surface area contributed by atoms with E-state index in [2.05, 4.69) is 15.0 Å². The van der Waals surface area contributed by atoms with E-state index in [9.17, 15) is 13.2 Å². The Labute approximate surface area is 166 Å². The third-order valence-corrected chi connectivity index (χ3v) is 6.77. The molecule has 3 heterocycles. The Hall–Kier alpha value is -2.56. The first kappa shape index (κ1) is 18.5. The number of para-hydroxylation sites is 1. The van der Waals surface area contributed by atoms with E-state index in [-0.39, 0.29) is 24.5 Å². The number of hydrogen-bond acceptors (Lipinski definition) is 7. The van der Waals surface area contributed by atoms with Crippen molar-refractivity contribution in [2.45, 2.75) is 37.1 Å². The lowest BCUT2D eigenvalue weighted by Crippen LogP contribution is -2.44. The lowest BCUT2D eigenvalue weighted by molar-refractivity contribution is 0.181. The van der Waals surface area contributed by atoms with Gasteiger partial charge in [-0.15, -0.1) is 0 Å². The Morgan fingerprint density at radius 1 is 1.21 bits per heavy atom. The highest BCUT2D eigenvalue weighted by Gasteiger charge is 2.35. The minimum atomic E-state index is -3.74. The summed E-state index contributed by atoms with van der Waals surface area (Å²) in [5.74, 6) is -0.320. The van der Waals surface area contributed by atoms with Crippen LogP contribution in [0, 0.1) is 0 Å². The van der Waals surface area contributed by atoms with Gasteiger partial charge in [0.25, 0.3) is 5.56 Å². The van der Waals surface area contributed by atoms with Crippen LogP contribution in [0.3, 0.4) is 0 Å². The maximum absolute atomic E-state index is 12.8. The van der Waals surface area contributed by atoms with E-state index in [1.165, 1.54) is 4.68 Å². The van der Waals surface area contributed by atoms with Gasteiger partial charge in [-0.2, -0.15) is 5.10 Å². The van der Waals surface area contributed by atoms with E-state index in [0.29, 0.717) is 16.7 Å². The molecule has 1 aliphatic carbocycles. The van der Waals surface area contributed by atoms with Crippen LogP contribution in [0.2, 0.25) is 0 Å². The zero-order valence-electron chi connectivity index (χ0n) is 15.6. The molecule has 0 bridgehead atoms. The molecule has 2 aliphatic rings. The van der Waals surface area contributed by atoms with Crippen LogP contribution >= 0.6 is 0 Å². The first-order valence-electron chi connectivity index (χ1n) is 9.53. The molecule has 0 radical (unpaired) electrons. The molecule has 2 atom stereocenters. The first-order chi connectivity index (χ1) is 14.0. The van der Waals surface area contributed by atoms with Crippen LogP contribution in [-0.4, -0.2) is 42.6 Å². The van der Waals surface area contributed by atoms with Crippen molar-refractivity contribution in [3.63, 3.8) is 0 Å². The minimum absolute atomic E-state index is 0.175. The number of nitrogens with one attached hydrogen (secondary N) is 1. The van der Waals surface area contributed by atoms with E-state index < -0.39 is 22.1 Å². The molecule has 9 nitrogen and oxygen atoms in total. The number of sulfonamides is 1. The van der Waals surface area contributed by atoms with Crippen molar-refractivity contribution in [3.05, 3.63) is 57.6 Å². The van der Waals surface area contributed by atoms with Crippen LogP contribution in [0.15, 0.2) is 39.6 Å². The van der Waals surface area contributed by atoms with Gasteiger partial charge in [-0.1, -0.05) is 17.3 Å². The summed E-state index contributed by atoms with van der Waals surface area (Å²) in [4.78, 5) is 12.5. The molecule has 5 rings (SSSR count). The Morgan fingerprint density at radius 2 is 2.07 bits per heavy atom. The molecule has 1 fully saturated rings. The molecule has 10 heteroatoms. The molecule has 29 heavy (non-hydrogen) atoms. The van der Waals surface area contributed by atoms with Crippen molar-refractivity contribution in [1.29, 1.82) is 0 Å². The number of fused-ring (bicyclic) bond motifs is 2. The Balaban J connectivity index is 1.38. The van der Waals surface area contributed by atoms with Gasteiger partial charge >= 0.3 is 0 Å². The largest absolute Gasteiger partial charge is 0.377 e. The van der Waals surface area contributed by atoms with E-state index >= 15 is 0 Å². The fraction of sp³-hybridized carbons (Fsp3) is 0.421. The molecule has 1 N–H and O–H groups in total. The van der Waals surface area contributed by atoms with Crippen LogP contribution < -0.4 is 10.3 Å². The van der Waals surface area contributed by atoms with Gasteiger partial charge in [-0.05, 0) is 37.0 Å². The minimum Gasteiger partial charge on any atom is -0.377 e. The summed E-state index contributed by atoms with van der Waals surface area (Å²) >= 11 is 0. The molecule has 1 saturated heterocycles. The Kier molecular flexibility index (Phi) is 4.49. The number of nitrogens with zero attached hydrogens (tertiary/aromatic N) is 3. The lowest BCUT2D eigenvalue weighted by atomic mass is 10.2. The van der Waals surface area contributed by atoms with Crippen LogP contribution in [0.4, 0.5) is 0 Å². The second-order valence-corrected chi connectivity index (χ2v) is 9.22. The highest BCUT2D eigenvalue weighted by atomic mass is 32.2. The quantitative estimate of drug-likeness (QED) is 0.658. The average Bonchev–Trinajstić information content (AvgIpc) is 3.41. The zero-order valence-corrected chi connectivity index (χ0v) is 16.4. The van der Waals surface area contributed by atoms with Crippen molar-refractivity contribution in [2.75, 3.05) is 13.2 Å². The van der Waals surface area contributed by atoms with E-state index in [1.54, 1.807) is 30.3 Å². The number of benzene rings is 1. The maximum atomic E-state index is 12.8. The second-order valence-electron chi connectivity index (χ2n) is 7.47. The normalized spacial score (nSPS) is 21.7. The molecule has 3 aromatic rings. The standard InChI is InChI=1S/C19H20N4O5S/c24-19-8-12-4-3-6-14(12)20-23(19)17-10-27-9-15(17)22-29(25,26)11-16-13-5-1-2-7-18(13)28-21-16/h1-2,5,7-8,15,17,22H,3-4,6,9-11H2. The molecule has 0 saturated carbocycles. The van der Waals surface area contributed by atoms with Gasteiger partial charge in [0, 0.05) is 11.5 Å². The highest BCUT2D eigenvalue weighted by molar-refractivity contribution is 7.88. The van der Waals surface area contributed by atoms with Crippen LogP contribution in [0.5, 0.6) is 0 Å². The summed E-state index contributed by atoms with van der Waals surface area (Å²) in [7, 11) is -3.74. The average molecular weight is 416 g/mol. The Bertz CT molecular complexity index is 1230. The SMILES string of the molecule is O=c1cc2c(nn1C1COCC1NS(=O)(=O)Cc1noc3ccccc13)CCC2. The molecule has 2 aromatic heterocycles. The molecule has 2 unspecified atom stereocenters. The summed E-state index contributed by atoms with van der Waals surface area (Å²) in [6.07, 6.45) is 2.68. The smallest absolute Gasteiger partial charge is 0.267 e. The zero-order chi connectivity index (χ0) is 20.0. The Morgan fingerprint density at radius 3 is 2.97 bits per heavy atom. The first-order valence-corrected chi connectivity index (χ1v) is 11.2. The van der Waals surface area contributed by atoms with Gasteiger partial charge in [-0.3, -0.25) is 4.79 Å². The van der Waals surface area contributed by atoms with E-state index in [4.69, 9.17) is 9.26 Å². The number of aryl methyl sites for hydroxylation is 2. The van der Waals surface area contributed by atoms with Crippen molar-refractivity contribution in [2.24, 2.45) is 0 Å². The summed E-state index contributed by atoms with van der Waals surface area (Å²) in [6, 6.07) is 7.65. The van der Waals surface area contributed by atoms with Crippen LogP contribution in [0.1, 0.15) is 29.4 Å². The number of hydrogen-bond donors (Lipinski definition) is 1. The monoisotopic (exact) mass is 416 g/mol. The highest BCUT2D eigenvalue weighted by Crippen LogP contribution is 2.23. The number of rotatable bonds is 5. The number of ether oxygens (including phenoxy) is 1. The van der Waals surface area contributed by atoms with Gasteiger partial charge in [0.15, 0.2) is 5.58 Å². The molecule has 0 spiro atoms. The topological polar surface area (TPSA) is 116 Å². The van der Waals surface area contributed by atoms with Gasteiger partial charge in [0.1, 0.15) is 11.4 Å². The van der Waals surface area contributed by atoms with E-state index in [0.717, 1.165) is 30.5 Å². The van der Waals surface area contributed by atoms with Crippen LogP contribution in [-0.2, 0) is 33.4 Å². The lowest BCUT2D eigenvalue weighted by Gasteiger charge is -2.20. The van der Waals surface area contributed by atoms with E-state index in [1.807, 2.05) is 0 Å². The molecular formula is C19H20N4O5S. The van der Waals surface area contributed by atoms with Crippen molar-refractivity contribution in [3.8, 4) is 0 Å².